The molecule has 1 saturated heterocycles. The number of fused-ring (bicyclic) bond motifs is 1. The minimum atomic E-state index is 0.0680. The molecule has 0 radical (unpaired) electrons. The molecule has 1 aromatic carbocycles. The van der Waals surface area contributed by atoms with Crippen molar-refractivity contribution in [3.63, 3.8) is 0 Å². The lowest BCUT2D eigenvalue weighted by atomic mass is 10.1. The second-order valence-electron chi connectivity index (χ2n) is 5.52. The number of anilines is 1. The molecule has 0 amide bonds. The van der Waals surface area contributed by atoms with E-state index in [2.05, 4.69) is 4.90 Å². The zero-order valence-corrected chi connectivity index (χ0v) is 12.2. The molecular weight excluding hydrogens is 264 g/mol. The lowest BCUT2D eigenvalue weighted by molar-refractivity contribution is 0.161. The molecule has 1 atom stereocenters. The summed E-state index contributed by atoms with van der Waals surface area (Å²) in [5.74, 6) is 1.40. The van der Waals surface area contributed by atoms with Crippen LogP contribution >= 0.6 is 0 Å². The van der Waals surface area contributed by atoms with Gasteiger partial charge in [0.05, 0.1) is 17.7 Å². The number of para-hydroxylation sites is 1. The summed E-state index contributed by atoms with van der Waals surface area (Å²) in [5, 5.41) is 8.85. The molecule has 1 aliphatic rings. The lowest BCUT2D eigenvalue weighted by Crippen LogP contribution is -2.26. The van der Waals surface area contributed by atoms with Crippen LogP contribution in [0.15, 0.2) is 30.3 Å². The van der Waals surface area contributed by atoms with E-state index < -0.39 is 0 Å². The highest BCUT2D eigenvalue weighted by molar-refractivity contribution is 6.03. The van der Waals surface area contributed by atoms with Crippen molar-refractivity contribution in [1.82, 2.24) is 4.98 Å². The van der Waals surface area contributed by atoms with Gasteiger partial charge in [0.1, 0.15) is 11.7 Å². The number of pyridine rings is 1. The molecule has 21 heavy (non-hydrogen) atoms. The zero-order chi connectivity index (χ0) is 14.8. The molecule has 1 fully saturated rings. The molecule has 3 N–H and O–H groups in total. The topological polar surface area (TPSA) is 75.2 Å². The van der Waals surface area contributed by atoms with Gasteiger partial charge in [0.25, 0.3) is 0 Å². The number of nitrogens with one attached hydrogen (secondary N) is 1. The number of aromatic nitrogens is 1. The van der Waals surface area contributed by atoms with E-state index in [0.717, 1.165) is 42.8 Å². The first kappa shape index (κ1) is 13.8. The molecule has 0 aliphatic carbocycles. The Hall–Kier alpha value is -2.14. The van der Waals surface area contributed by atoms with Crippen molar-refractivity contribution in [1.29, 1.82) is 5.41 Å². The van der Waals surface area contributed by atoms with Crippen molar-refractivity contribution in [2.75, 3.05) is 31.7 Å². The molecule has 0 bridgehead atoms. The summed E-state index contributed by atoms with van der Waals surface area (Å²) in [5.41, 5.74) is 7.41. The summed E-state index contributed by atoms with van der Waals surface area (Å²) in [4.78, 5) is 6.95. The third kappa shape index (κ3) is 2.69. The maximum Gasteiger partial charge on any atom is 0.140 e. The molecule has 0 saturated carbocycles. The SMILES string of the molecule is COCC1CCN(c2nc3ccccc3cc2C(=N)N)C1. The average molecular weight is 284 g/mol. The van der Waals surface area contributed by atoms with Gasteiger partial charge in [-0.15, -0.1) is 0 Å². The van der Waals surface area contributed by atoms with Crippen LogP contribution in [0, 0.1) is 11.3 Å². The Morgan fingerprint density at radius 2 is 2.29 bits per heavy atom. The molecule has 5 nitrogen and oxygen atoms in total. The van der Waals surface area contributed by atoms with Crippen LogP contribution in [0.5, 0.6) is 0 Å². The number of nitrogen functional groups attached to an aromatic ring is 1. The molecule has 1 aromatic heterocycles. The van der Waals surface area contributed by atoms with Gasteiger partial charge in [-0.3, -0.25) is 5.41 Å². The predicted octanol–water partition coefficient (Wildman–Crippen LogP) is 1.99. The summed E-state index contributed by atoms with van der Waals surface area (Å²) in [7, 11) is 1.73. The minimum Gasteiger partial charge on any atom is -0.384 e. The van der Waals surface area contributed by atoms with Gasteiger partial charge < -0.3 is 15.4 Å². The Balaban J connectivity index is 2.00. The number of nitrogens with zero attached hydrogens (tertiary/aromatic N) is 2. The normalized spacial score (nSPS) is 18.3. The van der Waals surface area contributed by atoms with E-state index in [1.165, 1.54) is 0 Å². The molecular formula is C16H20N4O. The van der Waals surface area contributed by atoms with Gasteiger partial charge in [0.15, 0.2) is 0 Å². The highest BCUT2D eigenvalue weighted by Gasteiger charge is 2.26. The van der Waals surface area contributed by atoms with Crippen molar-refractivity contribution >= 4 is 22.6 Å². The maximum absolute atomic E-state index is 7.83. The van der Waals surface area contributed by atoms with Crippen LogP contribution in [-0.4, -0.2) is 37.6 Å². The fraction of sp³-hybridized carbons (Fsp3) is 0.375. The number of benzene rings is 1. The molecule has 5 heteroatoms. The molecule has 2 aromatic rings. The predicted molar refractivity (Wildman–Crippen MR) is 85.0 cm³/mol. The van der Waals surface area contributed by atoms with Crippen LogP contribution in [0.4, 0.5) is 5.82 Å². The summed E-state index contributed by atoms with van der Waals surface area (Å²) < 4.78 is 5.24. The minimum absolute atomic E-state index is 0.0680. The highest BCUT2D eigenvalue weighted by Crippen LogP contribution is 2.28. The summed E-state index contributed by atoms with van der Waals surface area (Å²) in [6.45, 7) is 2.60. The van der Waals surface area contributed by atoms with Crippen LogP contribution in [0.2, 0.25) is 0 Å². The molecule has 110 valence electrons. The number of hydrogen-bond acceptors (Lipinski definition) is 4. The fourth-order valence-corrected chi connectivity index (χ4v) is 2.94. The van der Waals surface area contributed by atoms with E-state index in [1.54, 1.807) is 7.11 Å². The summed E-state index contributed by atoms with van der Waals surface area (Å²) >= 11 is 0. The van der Waals surface area contributed by atoms with Crippen molar-refractivity contribution in [3.05, 3.63) is 35.9 Å². The molecule has 2 heterocycles. The summed E-state index contributed by atoms with van der Waals surface area (Å²) in [6.07, 6.45) is 1.08. The summed E-state index contributed by atoms with van der Waals surface area (Å²) in [6, 6.07) is 9.90. The largest absolute Gasteiger partial charge is 0.384 e. The van der Waals surface area contributed by atoms with Crippen LogP contribution in [0.3, 0.4) is 0 Å². The first-order valence-corrected chi connectivity index (χ1v) is 7.17. The Morgan fingerprint density at radius 1 is 1.48 bits per heavy atom. The number of rotatable bonds is 4. The molecule has 3 rings (SSSR count). The number of nitrogens with two attached hydrogens (primary N) is 1. The monoisotopic (exact) mass is 284 g/mol. The first-order valence-electron chi connectivity index (χ1n) is 7.17. The van der Waals surface area contributed by atoms with E-state index in [9.17, 15) is 0 Å². The Labute approximate surface area is 124 Å². The highest BCUT2D eigenvalue weighted by atomic mass is 16.5. The quantitative estimate of drug-likeness (QED) is 0.665. The average Bonchev–Trinajstić information content (AvgIpc) is 2.94. The van der Waals surface area contributed by atoms with Gasteiger partial charge in [0.2, 0.25) is 0 Å². The Kier molecular flexibility index (Phi) is 3.75. The van der Waals surface area contributed by atoms with Crippen LogP contribution in [0.25, 0.3) is 10.9 Å². The zero-order valence-electron chi connectivity index (χ0n) is 12.2. The third-order valence-electron chi connectivity index (χ3n) is 3.98. The number of methoxy groups -OCH3 is 1. The smallest absolute Gasteiger partial charge is 0.140 e. The number of amidine groups is 1. The van der Waals surface area contributed by atoms with Crippen LogP contribution in [-0.2, 0) is 4.74 Å². The first-order chi connectivity index (χ1) is 10.2. The van der Waals surface area contributed by atoms with Gasteiger partial charge >= 0.3 is 0 Å². The van der Waals surface area contributed by atoms with E-state index in [4.69, 9.17) is 20.9 Å². The molecule has 1 aliphatic heterocycles. The van der Waals surface area contributed by atoms with Crippen LogP contribution in [0.1, 0.15) is 12.0 Å². The van der Waals surface area contributed by atoms with Gasteiger partial charge in [-0.1, -0.05) is 18.2 Å². The number of ether oxygens (including phenoxy) is 1. The van der Waals surface area contributed by atoms with Crippen molar-refractivity contribution < 1.29 is 4.74 Å². The molecule has 1 unspecified atom stereocenters. The molecule has 0 spiro atoms. The van der Waals surface area contributed by atoms with E-state index in [0.29, 0.717) is 11.5 Å². The second-order valence-corrected chi connectivity index (χ2v) is 5.52. The van der Waals surface area contributed by atoms with Crippen molar-refractivity contribution in [2.24, 2.45) is 11.7 Å². The lowest BCUT2D eigenvalue weighted by Gasteiger charge is -2.21. The standard InChI is InChI=1S/C16H20N4O/c1-21-10-11-6-7-20(9-11)16-13(15(17)18)8-12-4-2-3-5-14(12)19-16/h2-5,8,11H,6-7,9-10H2,1H3,(H3,17,18). The van der Waals surface area contributed by atoms with Gasteiger partial charge in [-0.2, -0.15) is 0 Å². The van der Waals surface area contributed by atoms with Crippen molar-refractivity contribution in [2.45, 2.75) is 6.42 Å². The number of hydrogen-bond donors (Lipinski definition) is 2. The third-order valence-corrected chi connectivity index (χ3v) is 3.98. The van der Waals surface area contributed by atoms with Gasteiger partial charge in [0, 0.05) is 31.5 Å². The Morgan fingerprint density at radius 3 is 3.05 bits per heavy atom. The van der Waals surface area contributed by atoms with Crippen LogP contribution < -0.4 is 10.6 Å². The van der Waals surface area contributed by atoms with Crippen molar-refractivity contribution in [3.8, 4) is 0 Å². The van der Waals surface area contributed by atoms with Gasteiger partial charge in [-0.05, 0) is 18.6 Å². The Bertz CT molecular complexity index is 670. The van der Waals surface area contributed by atoms with E-state index in [1.807, 2.05) is 30.3 Å². The van der Waals surface area contributed by atoms with E-state index in [-0.39, 0.29) is 5.84 Å². The second kappa shape index (κ2) is 5.69. The van der Waals surface area contributed by atoms with Gasteiger partial charge in [-0.25, -0.2) is 4.98 Å². The maximum atomic E-state index is 7.83. The van der Waals surface area contributed by atoms with E-state index >= 15 is 0 Å². The fourth-order valence-electron chi connectivity index (χ4n) is 2.94.